The van der Waals surface area contributed by atoms with Gasteiger partial charge < -0.3 is 4.57 Å². The van der Waals surface area contributed by atoms with Gasteiger partial charge in [0.2, 0.25) is 0 Å². The molecule has 0 unspecified atom stereocenters. The van der Waals surface area contributed by atoms with Gasteiger partial charge in [0.1, 0.15) is 5.82 Å². The topological polar surface area (TPSA) is 22.8 Å². The number of hydrogen-bond acceptors (Lipinski definition) is 2. The van der Waals surface area contributed by atoms with Gasteiger partial charge in [0.25, 0.3) is 0 Å². The zero-order valence-electron chi connectivity index (χ0n) is 29.6. The van der Waals surface area contributed by atoms with Crippen molar-refractivity contribution in [2.75, 3.05) is 0 Å². The average molecular weight is 718 g/mol. The molecule has 0 atom stereocenters. The van der Waals surface area contributed by atoms with Crippen LogP contribution in [0, 0.1) is 0 Å². The van der Waals surface area contributed by atoms with Crippen molar-refractivity contribution in [3.63, 3.8) is 0 Å². The number of benzene rings is 9. The van der Waals surface area contributed by atoms with Gasteiger partial charge in [-0.1, -0.05) is 121 Å². The zero-order valence-corrected chi connectivity index (χ0v) is 30.5. The molecule has 0 spiro atoms. The van der Waals surface area contributed by atoms with Gasteiger partial charge in [-0.05, 0) is 99.8 Å². The first-order valence-electron chi connectivity index (χ1n) is 18.7. The van der Waals surface area contributed by atoms with Crippen LogP contribution < -0.4 is 0 Å². The lowest BCUT2D eigenvalue weighted by atomic mass is 9.91. The number of nitrogens with zero attached hydrogens (tertiary/aromatic N) is 3. The second-order valence-corrected chi connectivity index (χ2v) is 15.4. The first-order valence-corrected chi connectivity index (χ1v) is 19.5. The van der Waals surface area contributed by atoms with Crippen molar-refractivity contribution < 1.29 is 0 Å². The van der Waals surface area contributed by atoms with Crippen molar-refractivity contribution >= 4 is 75.1 Å². The summed E-state index contributed by atoms with van der Waals surface area (Å²) in [6.07, 6.45) is 0. The van der Waals surface area contributed by atoms with E-state index in [0.29, 0.717) is 0 Å². The molecule has 3 heterocycles. The van der Waals surface area contributed by atoms with Gasteiger partial charge in [0.05, 0.1) is 22.1 Å². The van der Waals surface area contributed by atoms with E-state index >= 15 is 0 Å². The SMILES string of the molecule is c1ccc(-c2nc3ccccc3n2-c2ccc(-c3ccc4c5c3ccc3c(-c6ccc7sc8ccccc8c7c6)ccc(c35)n4-c3ccccc3)cc2)cc1. The van der Waals surface area contributed by atoms with E-state index in [4.69, 9.17) is 4.98 Å². The molecule has 0 radical (unpaired) electrons. The average Bonchev–Trinajstić information content (AvgIpc) is 3.94. The smallest absolute Gasteiger partial charge is 0.145 e. The van der Waals surface area contributed by atoms with Gasteiger partial charge in [0.15, 0.2) is 0 Å². The molecule has 0 N–H and O–H groups in total. The molecule has 9 aromatic carbocycles. The quantitative estimate of drug-likeness (QED) is 0.163. The minimum absolute atomic E-state index is 0.942. The standard InChI is InChI=1S/C51H31N3S/c1-3-11-33(12-4-1)51-52-43-16-8-9-17-44(43)54(51)36-22-19-32(20-23-36)37-26-28-45-49-40(37)24-25-41-38(27-29-46(50(41)49)53(45)35-13-5-2-6-14-35)34-21-30-48-42(31-34)39-15-7-10-18-47(39)55-48/h1-31H. The van der Waals surface area contributed by atoms with E-state index in [9.17, 15) is 0 Å². The van der Waals surface area contributed by atoms with Crippen LogP contribution in [0.15, 0.2) is 188 Å². The third kappa shape index (κ3) is 4.52. The molecule has 55 heavy (non-hydrogen) atoms. The lowest BCUT2D eigenvalue weighted by Gasteiger charge is -2.13. The summed E-state index contributed by atoms with van der Waals surface area (Å²) in [5, 5.41) is 7.78. The molecule has 12 rings (SSSR count). The van der Waals surface area contributed by atoms with Crippen LogP contribution >= 0.6 is 11.3 Å². The Morgan fingerprint density at radius 1 is 0.364 bits per heavy atom. The molecule has 4 heteroatoms. The highest BCUT2D eigenvalue weighted by molar-refractivity contribution is 7.25. The van der Waals surface area contributed by atoms with E-state index in [1.807, 2.05) is 11.3 Å². The van der Waals surface area contributed by atoms with Crippen LogP contribution in [0.1, 0.15) is 0 Å². The minimum atomic E-state index is 0.942. The fourth-order valence-electron chi connectivity index (χ4n) is 8.87. The lowest BCUT2D eigenvalue weighted by Crippen LogP contribution is -1.97. The maximum Gasteiger partial charge on any atom is 0.145 e. The normalized spacial score (nSPS) is 12.0. The van der Waals surface area contributed by atoms with Crippen LogP contribution in [-0.4, -0.2) is 14.1 Å². The molecule has 3 nitrogen and oxygen atoms in total. The molecule has 0 aliphatic heterocycles. The Balaban J connectivity index is 1.06. The number of hydrogen-bond donors (Lipinski definition) is 0. The van der Waals surface area contributed by atoms with Crippen molar-refractivity contribution in [2.45, 2.75) is 0 Å². The van der Waals surface area contributed by atoms with Crippen molar-refractivity contribution in [1.82, 2.24) is 14.1 Å². The molecule has 0 aliphatic rings. The van der Waals surface area contributed by atoms with Crippen LogP contribution in [0.4, 0.5) is 0 Å². The molecule has 0 aliphatic carbocycles. The summed E-state index contributed by atoms with van der Waals surface area (Å²) in [6.45, 7) is 0. The monoisotopic (exact) mass is 717 g/mol. The predicted molar refractivity (Wildman–Crippen MR) is 233 cm³/mol. The summed E-state index contributed by atoms with van der Waals surface area (Å²) in [7, 11) is 0. The summed E-state index contributed by atoms with van der Waals surface area (Å²) in [5.41, 5.74) is 12.8. The van der Waals surface area contributed by atoms with Gasteiger partial charge in [-0.3, -0.25) is 4.57 Å². The number of fused-ring (bicyclic) bond motifs is 4. The Labute approximate surface area is 320 Å². The first kappa shape index (κ1) is 30.5. The van der Waals surface area contributed by atoms with E-state index < -0.39 is 0 Å². The Morgan fingerprint density at radius 3 is 1.73 bits per heavy atom. The summed E-state index contributed by atoms with van der Waals surface area (Å²) >= 11 is 1.87. The van der Waals surface area contributed by atoms with Crippen molar-refractivity contribution in [3.8, 4) is 45.0 Å². The number of thiophene rings is 1. The van der Waals surface area contributed by atoms with E-state index in [1.54, 1.807) is 0 Å². The summed E-state index contributed by atoms with van der Waals surface area (Å²) < 4.78 is 7.37. The van der Waals surface area contributed by atoms with Gasteiger partial charge in [-0.2, -0.15) is 0 Å². The van der Waals surface area contributed by atoms with Gasteiger partial charge in [-0.25, -0.2) is 4.98 Å². The largest absolute Gasteiger partial charge is 0.309 e. The Morgan fingerprint density at radius 2 is 0.964 bits per heavy atom. The van der Waals surface area contributed by atoms with Crippen LogP contribution in [0.2, 0.25) is 0 Å². The number of aromatic nitrogens is 3. The minimum Gasteiger partial charge on any atom is -0.309 e. The Bertz CT molecular complexity index is 3410. The van der Waals surface area contributed by atoms with Crippen LogP contribution in [0.25, 0.3) is 109 Å². The van der Waals surface area contributed by atoms with E-state index in [2.05, 4.69) is 197 Å². The molecule has 12 aromatic rings. The molecule has 256 valence electrons. The van der Waals surface area contributed by atoms with E-state index in [0.717, 1.165) is 28.1 Å². The number of para-hydroxylation sites is 3. The highest BCUT2D eigenvalue weighted by Gasteiger charge is 2.22. The molecule has 0 fully saturated rings. The van der Waals surface area contributed by atoms with Gasteiger partial charge in [-0.15, -0.1) is 11.3 Å². The Kier molecular flexibility index (Phi) is 6.50. The highest BCUT2D eigenvalue weighted by atomic mass is 32.1. The van der Waals surface area contributed by atoms with Crippen molar-refractivity contribution in [1.29, 1.82) is 0 Å². The molecule has 0 amide bonds. The summed E-state index contributed by atoms with van der Waals surface area (Å²) in [4.78, 5) is 5.07. The second kappa shape index (κ2) is 11.7. The van der Waals surface area contributed by atoms with Crippen LogP contribution in [-0.2, 0) is 0 Å². The Hall–Kier alpha value is -7.01. The maximum atomic E-state index is 5.07. The fraction of sp³-hybridized carbons (Fsp3) is 0. The van der Waals surface area contributed by atoms with Crippen molar-refractivity contribution in [3.05, 3.63) is 188 Å². The van der Waals surface area contributed by atoms with E-state index in [-0.39, 0.29) is 0 Å². The number of rotatable bonds is 5. The lowest BCUT2D eigenvalue weighted by molar-refractivity contribution is 1.10. The molecule has 0 saturated carbocycles. The fourth-order valence-corrected chi connectivity index (χ4v) is 9.95. The molecule has 3 aromatic heterocycles. The third-order valence-corrected chi connectivity index (χ3v) is 12.5. The second-order valence-electron chi connectivity index (χ2n) is 14.3. The van der Waals surface area contributed by atoms with Gasteiger partial charge >= 0.3 is 0 Å². The van der Waals surface area contributed by atoms with Crippen LogP contribution in [0.3, 0.4) is 0 Å². The number of imidazole rings is 1. The summed E-state index contributed by atoms with van der Waals surface area (Å²) in [6, 6.07) is 68.3. The van der Waals surface area contributed by atoms with Gasteiger partial charge in [0, 0.05) is 47.9 Å². The van der Waals surface area contributed by atoms with Crippen LogP contribution in [0.5, 0.6) is 0 Å². The van der Waals surface area contributed by atoms with E-state index in [1.165, 1.54) is 80.7 Å². The first-order chi connectivity index (χ1) is 27.3. The highest BCUT2D eigenvalue weighted by Crippen LogP contribution is 2.46. The molecular formula is C51H31N3S. The third-order valence-electron chi connectivity index (χ3n) is 11.3. The zero-order chi connectivity index (χ0) is 36.0. The maximum absolute atomic E-state index is 5.07. The van der Waals surface area contributed by atoms with Crippen molar-refractivity contribution in [2.24, 2.45) is 0 Å². The molecular weight excluding hydrogens is 687 g/mol. The molecule has 0 saturated heterocycles. The molecule has 0 bridgehead atoms. The summed E-state index contributed by atoms with van der Waals surface area (Å²) in [5.74, 6) is 0.942. The predicted octanol–water partition coefficient (Wildman–Crippen LogP) is 14.1.